The van der Waals surface area contributed by atoms with Gasteiger partial charge in [-0.2, -0.15) is 5.10 Å². The Bertz CT molecular complexity index is 820. The summed E-state index contributed by atoms with van der Waals surface area (Å²) >= 11 is 1.23. The Morgan fingerprint density at radius 1 is 1.43 bits per heavy atom. The van der Waals surface area contributed by atoms with Crippen molar-refractivity contribution in [3.63, 3.8) is 0 Å². The predicted octanol–water partition coefficient (Wildman–Crippen LogP) is 3.36. The molecule has 1 aromatic carbocycles. The Balaban J connectivity index is 2.29. The maximum absolute atomic E-state index is 11.2. The number of fused-ring (bicyclic) bond motifs is 1. The van der Waals surface area contributed by atoms with Gasteiger partial charge in [-0.15, -0.1) is 11.3 Å². The molecule has 0 amide bonds. The summed E-state index contributed by atoms with van der Waals surface area (Å²) < 4.78 is 7.14. The Morgan fingerprint density at radius 2 is 2.19 bits per heavy atom. The summed E-state index contributed by atoms with van der Waals surface area (Å²) in [4.78, 5) is 12.3. The number of aromatic carboxylic acids is 1. The largest absolute Gasteiger partial charge is 0.494 e. The summed E-state index contributed by atoms with van der Waals surface area (Å²) in [6.07, 6.45) is 0.744. The molecule has 0 unspecified atom stereocenters. The van der Waals surface area contributed by atoms with Crippen molar-refractivity contribution in [1.82, 2.24) is 9.78 Å². The Labute approximate surface area is 125 Å². The molecule has 0 radical (unpaired) electrons. The van der Waals surface area contributed by atoms with Gasteiger partial charge in [-0.3, -0.25) is 0 Å². The fraction of sp³-hybridized carbons (Fsp3) is 0.200. The molecule has 0 saturated carbocycles. The van der Waals surface area contributed by atoms with E-state index in [0.717, 1.165) is 28.0 Å². The Kier molecular flexibility index (Phi) is 3.39. The molecule has 108 valence electrons. The van der Waals surface area contributed by atoms with Gasteiger partial charge in [-0.25, -0.2) is 9.48 Å². The quantitative estimate of drug-likeness (QED) is 0.802. The van der Waals surface area contributed by atoms with E-state index >= 15 is 0 Å². The molecule has 0 aliphatic rings. The van der Waals surface area contributed by atoms with Crippen molar-refractivity contribution in [3.05, 3.63) is 40.9 Å². The monoisotopic (exact) mass is 302 g/mol. The average molecular weight is 302 g/mol. The van der Waals surface area contributed by atoms with E-state index in [-0.39, 0.29) is 0 Å². The van der Waals surface area contributed by atoms with Crippen molar-refractivity contribution in [2.75, 3.05) is 7.11 Å². The van der Waals surface area contributed by atoms with E-state index < -0.39 is 5.97 Å². The zero-order valence-electron chi connectivity index (χ0n) is 11.7. The number of methoxy groups -OCH3 is 1. The maximum Gasteiger partial charge on any atom is 0.345 e. The van der Waals surface area contributed by atoms with Gasteiger partial charge in [0.05, 0.1) is 12.8 Å². The molecule has 2 aromatic heterocycles. The lowest BCUT2D eigenvalue weighted by Gasteiger charge is -2.08. The normalized spacial score (nSPS) is 11.0. The van der Waals surface area contributed by atoms with Crippen molar-refractivity contribution in [3.8, 4) is 11.4 Å². The number of aryl methyl sites for hydroxylation is 1. The lowest BCUT2D eigenvalue weighted by Crippen LogP contribution is -2.00. The Hall–Kier alpha value is -2.34. The van der Waals surface area contributed by atoms with Crippen molar-refractivity contribution in [2.24, 2.45) is 0 Å². The predicted molar refractivity (Wildman–Crippen MR) is 81.8 cm³/mol. The van der Waals surface area contributed by atoms with Crippen molar-refractivity contribution in [2.45, 2.75) is 13.3 Å². The molecule has 0 bridgehead atoms. The van der Waals surface area contributed by atoms with Crippen LogP contribution < -0.4 is 4.74 Å². The number of para-hydroxylation sites is 2. The fourth-order valence-electron chi connectivity index (χ4n) is 2.30. The molecule has 3 rings (SSSR count). The van der Waals surface area contributed by atoms with E-state index in [2.05, 4.69) is 5.10 Å². The molecule has 6 heteroatoms. The van der Waals surface area contributed by atoms with Gasteiger partial charge in [0.1, 0.15) is 21.1 Å². The third-order valence-electron chi connectivity index (χ3n) is 3.30. The van der Waals surface area contributed by atoms with Crippen molar-refractivity contribution >= 4 is 27.5 Å². The third kappa shape index (κ3) is 2.17. The highest BCUT2D eigenvalue weighted by Crippen LogP contribution is 2.33. The zero-order chi connectivity index (χ0) is 15.0. The van der Waals surface area contributed by atoms with Crippen LogP contribution in [0.4, 0.5) is 0 Å². The van der Waals surface area contributed by atoms with Crippen LogP contribution in [0.1, 0.15) is 22.3 Å². The van der Waals surface area contributed by atoms with Crippen LogP contribution in [0.15, 0.2) is 30.3 Å². The van der Waals surface area contributed by atoms with E-state index in [1.807, 2.05) is 31.2 Å². The molecule has 0 fully saturated rings. The summed E-state index contributed by atoms with van der Waals surface area (Å²) in [6.45, 7) is 2.01. The second kappa shape index (κ2) is 5.21. The van der Waals surface area contributed by atoms with Gasteiger partial charge in [0, 0.05) is 5.39 Å². The van der Waals surface area contributed by atoms with Crippen molar-refractivity contribution < 1.29 is 14.6 Å². The minimum atomic E-state index is -0.912. The lowest BCUT2D eigenvalue weighted by molar-refractivity contribution is 0.0702. The summed E-state index contributed by atoms with van der Waals surface area (Å²) in [5.41, 5.74) is 1.70. The van der Waals surface area contributed by atoms with E-state index in [1.165, 1.54) is 11.3 Å². The number of hydrogen-bond donors (Lipinski definition) is 1. The van der Waals surface area contributed by atoms with Crippen molar-refractivity contribution in [1.29, 1.82) is 0 Å². The number of nitrogens with zero attached hydrogens (tertiary/aromatic N) is 2. The van der Waals surface area contributed by atoms with E-state index in [4.69, 9.17) is 4.74 Å². The first-order chi connectivity index (χ1) is 10.2. The van der Waals surface area contributed by atoms with E-state index in [0.29, 0.717) is 10.6 Å². The van der Waals surface area contributed by atoms with E-state index in [9.17, 15) is 9.90 Å². The smallest absolute Gasteiger partial charge is 0.345 e. The second-order valence-electron chi connectivity index (χ2n) is 4.52. The number of benzene rings is 1. The van der Waals surface area contributed by atoms with Gasteiger partial charge in [0.2, 0.25) is 0 Å². The number of ether oxygens (including phenoxy) is 1. The van der Waals surface area contributed by atoms with Gasteiger partial charge in [0.25, 0.3) is 0 Å². The number of carbonyl (C=O) groups is 1. The molecule has 0 aliphatic heterocycles. The highest BCUT2D eigenvalue weighted by Gasteiger charge is 2.19. The van der Waals surface area contributed by atoms with Gasteiger partial charge in [-0.1, -0.05) is 19.1 Å². The summed E-state index contributed by atoms with van der Waals surface area (Å²) in [6, 6.07) is 9.26. The first-order valence-electron chi connectivity index (χ1n) is 6.53. The highest BCUT2D eigenvalue weighted by atomic mass is 32.1. The average Bonchev–Trinajstić information content (AvgIpc) is 3.06. The van der Waals surface area contributed by atoms with E-state index in [1.54, 1.807) is 17.9 Å². The minimum absolute atomic E-state index is 0.320. The van der Waals surface area contributed by atoms with Crippen LogP contribution in [-0.4, -0.2) is 28.0 Å². The number of aromatic nitrogens is 2. The SMILES string of the molecule is CCc1nn(-c2ccccc2OC)c2sc(C(=O)O)cc12. The fourth-order valence-corrected chi connectivity index (χ4v) is 3.28. The highest BCUT2D eigenvalue weighted by molar-refractivity contribution is 7.20. The van der Waals surface area contributed by atoms with Gasteiger partial charge < -0.3 is 9.84 Å². The number of hydrogen-bond acceptors (Lipinski definition) is 4. The lowest BCUT2D eigenvalue weighted by atomic mass is 10.2. The number of rotatable bonds is 4. The van der Waals surface area contributed by atoms with Crippen LogP contribution in [-0.2, 0) is 6.42 Å². The summed E-state index contributed by atoms with van der Waals surface area (Å²) in [5, 5.41) is 14.7. The molecule has 0 spiro atoms. The van der Waals surface area contributed by atoms with Gasteiger partial charge in [0.15, 0.2) is 0 Å². The molecule has 5 nitrogen and oxygen atoms in total. The van der Waals surface area contributed by atoms with Crippen LogP contribution in [0.2, 0.25) is 0 Å². The third-order valence-corrected chi connectivity index (χ3v) is 4.39. The Morgan fingerprint density at radius 3 is 2.86 bits per heavy atom. The number of carboxylic acid groups (broad SMARTS) is 1. The number of carboxylic acids is 1. The molecule has 0 aliphatic carbocycles. The summed E-state index contributed by atoms with van der Waals surface area (Å²) in [7, 11) is 1.61. The van der Waals surface area contributed by atoms with Crippen LogP contribution in [0, 0.1) is 0 Å². The molecule has 21 heavy (non-hydrogen) atoms. The first-order valence-corrected chi connectivity index (χ1v) is 7.35. The zero-order valence-corrected chi connectivity index (χ0v) is 12.5. The molecule has 0 atom stereocenters. The molecule has 2 heterocycles. The van der Waals surface area contributed by atoms with Crippen LogP contribution in [0.25, 0.3) is 15.9 Å². The van der Waals surface area contributed by atoms with Crippen LogP contribution >= 0.6 is 11.3 Å². The molecular weight excluding hydrogens is 288 g/mol. The second-order valence-corrected chi connectivity index (χ2v) is 5.55. The standard InChI is InChI=1S/C15H14N2O3S/c1-3-10-9-8-13(15(18)19)21-14(9)17(16-10)11-6-4-5-7-12(11)20-2/h4-8H,3H2,1-2H3,(H,18,19). The van der Waals surface area contributed by atoms with Gasteiger partial charge in [-0.05, 0) is 24.6 Å². The molecule has 1 N–H and O–H groups in total. The first kappa shape index (κ1) is 13.6. The van der Waals surface area contributed by atoms with Crippen LogP contribution in [0.3, 0.4) is 0 Å². The minimum Gasteiger partial charge on any atom is -0.494 e. The molecule has 0 saturated heterocycles. The van der Waals surface area contributed by atoms with Crippen LogP contribution in [0.5, 0.6) is 5.75 Å². The van der Waals surface area contributed by atoms with Gasteiger partial charge >= 0.3 is 5.97 Å². The molecular formula is C15H14N2O3S. The summed E-state index contributed by atoms with van der Waals surface area (Å²) in [5.74, 6) is -0.209. The molecule has 3 aromatic rings. The number of thiophene rings is 1. The maximum atomic E-state index is 11.2. The topological polar surface area (TPSA) is 64.4 Å².